The fourth-order valence-electron chi connectivity index (χ4n) is 5.10. The number of likely N-dealkylation sites (tertiary alicyclic amines) is 1. The summed E-state index contributed by atoms with van der Waals surface area (Å²) >= 11 is 0. The molecule has 5 nitrogen and oxygen atoms in total. The molecule has 0 unspecified atom stereocenters. The van der Waals surface area contributed by atoms with Gasteiger partial charge in [-0.1, -0.05) is 26.8 Å². The Hall–Kier alpha value is -2.02. The van der Waals surface area contributed by atoms with Crippen LogP contribution in [0.15, 0.2) is 36.7 Å². The van der Waals surface area contributed by atoms with E-state index < -0.39 is 9.76 Å². The Balaban J connectivity index is 1.50. The number of aromatic nitrogens is 1. The summed E-state index contributed by atoms with van der Waals surface area (Å²) in [6, 6.07) is 9.13. The summed E-state index contributed by atoms with van der Waals surface area (Å²) in [6.45, 7) is 13.4. The zero-order valence-corrected chi connectivity index (χ0v) is 22.6. The van der Waals surface area contributed by atoms with Gasteiger partial charge in [-0.2, -0.15) is 0 Å². The molecule has 0 saturated carbocycles. The van der Waals surface area contributed by atoms with Gasteiger partial charge in [0.15, 0.2) is 9.76 Å². The lowest BCUT2D eigenvalue weighted by atomic mass is 9.95. The van der Waals surface area contributed by atoms with Crippen LogP contribution in [0.25, 0.3) is 11.1 Å². The molecule has 1 fully saturated rings. The number of carbonyl (C=O) groups is 1. The number of rotatable bonds is 6. The zero-order chi connectivity index (χ0) is 23.8. The number of pyridine rings is 1. The van der Waals surface area contributed by atoms with E-state index in [-0.39, 0.29) is 11.5 Å². The predicted molar refractivity (Wildman–Crippen MR) is 138 cm³/mol. The van der Waals surface area contributed by atoms with Gasteiger partial charge >= 0.3 is 0 Å². The van der Waals surface area contributed by atoms with Crippen molar-refractivity contribution in [2.45, 2.75) is 83.5 Å². The summed E-state index contributed by atoms with van der Waals surface area (Å²) in [5, 5.41) is 0.302. The molecule has 1 aromatic carbocycles. The average Bonchev–Trinajstić information content (AvgIpc) is 3.24. The quantitative estimate of drug-likeness (QED) is 0.579. The van der Waals surface area contributed by atoms with Gasteiger partial charge in [-0.15, -0.1) is 0 Å². The molecule has 2 aliphatic rings. The van der Waals surface area contributed by atoms with Gasteiger partial charge < -0.3 is 9.33 Å². The number of amides is 1. The maximum atomic E-state index is 12.0. The molecule has 0 radical (unpaired) electrons. The highest BCUT2D eigenvalue weighted by Crippen LogP contribution is 2.34. The summed E-state index contributed by atoms with van der Waals surface area (Å²) in [7, 11) is 1.26. The Labute approximate surface area is 201 Å². The number of hydrogen-bond acceptors (Lipinski definition) is 4. The second-order valence-electron chi connectivity index (χ2n) is 11.5. The highest BCUT2D eigenvalue weighted by Gasteiger charge is 2.38. The molecule has 4 rings (SSSR count). The van der Waals surface area contributed by atoms with Crippen LogP contribution in [0.1, 0.15) is 65.0 Å². The van der Waals surface area contributed by atoms with Crippen molar-refractivity contribution < 1.29 is 9.22 Å². The van der Waals surface area contributed by atoms with E-state index in [9.17, 15) is 4.79 Å². The monoisotopic (exact) mass is 465 g/mol. The molecular weight excluding hydrogens is 426 g/mol. The number of benzene rings is 1. The summed E-state index contributed by atoms with van der Waals surface area (Å²) in [4.78, 5) is 21.0. The summed E-state index contributed by atoms with van der Waals surface area (Å²) in [5.41, 5.74) is 5.70. The van der Waals surface area contributed by atoms with Crippen molar-refractivity contribution in [2.24, 2.45) is 0 Å². The van der Waals surface area contributed by atoms with Crippen molar-refractivity contribution in [3.8, 4) is 11.1 Å². The highest BCUT2D eigenvalue weighted by atomic mass is 28.2. The smallest absolute Gasteiger partial charge is 0.227 e. The van der Waals surface area contributed by atoms with Crippen LogP contribution in [0.5, 0.6) is 0 Å². The SMILES string of the molecule is CN1C(=O)CCc2cc(-c3cncc(CN4CCC[C@H]4C(C)(C)O[SiH2]C(C)(C)C)c3)ccc21. The lowest BCUT2D eigenvalue weighted by Crippen LogP contribution is -2.48. The van der Waals surface area contributed by atoms with E-state index in [0.29, 0.717) is 17.5 Å². The minimum absolute atomic E-state index is 0.122. The second-order valence-corrected chi connectivity index (χ2v) is 14.2. The summed E-state index contributed by atoms with van der Waals surface area (Å²) in [6.07, 6.45) is 7.75. The van der Waals surface area contributed by atoms with Crippen LogP contribution in [-0.4, -0.2) is 50.8 Å². The molecule has 6 heteroatoms. The Morgan fingerprint density at radius 2 is 1.88 bits per heavy atom. The normalized spacial score (nSPS) is 20.1. The van der Waals surface area contributed by atoms with Crippen LogP contribution >= 0.6 is 0 Å². The van der Waals surface area contributed by atoms with E-state index in [1.165, 1.54) is 29.5 Å². The summed E-state index contributed by atoms with van der Waals surface area (Å²) in [5.74, 6) is 0.191. The first-order valence-corrected chi connectivity index (χ1v) is 13.5. The maximum Gasteiger partial charge on any atom is 0.227 e. The zero-order valence-electron chi connectivity index (χ0n) is 21.1. The highest BCUT2D eigenvalue weighted by molar-refractivity contribution is 6.31. The van der Waals surface area contributed by atoms with E-state index >= 15 is 0 Å². The van der Waals surface area contributed by atoms with E-state index in [1.54, 1.807) is 4.90 Å². The van der Waals surface area contributed by atoms with Crippen LogP contribution in [0.3, 0.4) is 0 Å². The molecule has 1 aromatic heterocycles. The molecule has 0 spiro atoms. The fraction of sp³-hybridized carbons (Fsp3) is 0.556. The molecule has 0 bridgehead atoms. The average molecular weight is 466 g/mol. The third kappa shape index (κ3) is 5.56. The van der Waals surface area contributed by atoms with Crippen molar-refractivity contribution in [3.63, 3.8) is 0 Å². The third-order valence-electron chi connectivity index (χ3n) is 6.98. The van der Waals surface area contributed by atoms with Gasteiger partial charge in [0.05, 0.1) is 5.60 Å². The Bertz CT molecular complexity index is 1010. The number of aryl methyl sites for hydroxylation is 1. The second kappa shape index (κ2) is 9.32. The van der Waals surface area contributed by atoms with E-state index in [1.807, 2.05) is 19.4 Å². The molecule has 2 aromatic rings. The number of carbonyl (C=O) groups excluding carboxylic acids is 1. The van der Waals surface area contributed by atoms with Crippen molar-refractivity contribution in [1.82, 2.24) is 9.88 Å². The molecule has 1 atom stereocenters. The number of nitrogens with zero attached hydrogens (tertiary/aromatic N) is 3. The maximum absolute atomic E-state index is 12.0. The van der Waals surface area contributed by atoms with E-state index in [4.69, 9.17) is 4.43 Å². The molecule has 33 heavy (non-hydrogen) atoms. The van der Waals surface area contributed by atoms with Crippen LogP contribution < -0.4 is 4.90 Å². The number of hydrogen-bond donors (Lipinski definition) is 0. The van der Waals surface area contributed by atoms with Gasteiger partial charge in [0.25, 0.3) is 0 Å². The predicted octanol–water partition coefficient (Wildman–Crippen LogP) is 4.72. The van der Waals surface area contributed by atoms with Gasteiger partial charge in [-0.25, -0.2) is 0 Å². The van der Waals surface area contributed by atoms with Gasteiger partial charge in [-0.05, 0) is 79.6 Å². The first-order chi connectivity index (χ1) is 15.5. The minimum Gasteiger partial charge on any atom is -0.417 e. The van der Waals surface area contributed by atoms with Crippen molar-refractivity contribution in [1.29, 1.82) is 0 Å². The minimum atomic E-state index is -0.601. The van der Waals surface area contributed by atoms with Crippen molar-refractivity contribution in [2.75, 3.05) is 18.5 Å². The lowest BCUT2D eigenvalue weighted by Gasteiger charge is -2.40. The van der Waals surface area contributed by atoms with Crippen LogP contribution in [0, 0.1) is 0 Å². The molecule has 0 N–H and O–H groups in total. The lowest BCUT2D eigenvalue weighted by molar-refractivity contribution is -0.118. The van der Waals surface area contributed by atoms with Gasteiger partial charge in [-0.3, -0.25) is 14.7 Å². The van der Waals surface area contributed by atoms with Gasteiger partial charge in [0.1, 0.15) is 0 Å². The topological polar surface area (TPSA) is 45.7 Å². The van der Waals surface area contributed by atoms with Gasteiger partial charge in [0.2, 0.25) is 5.91 Å². The van der Waals surface area contributed by atoms with Crippen LogP contribution in [0.4, 0.5) is 5.69 Å². The Morgan fingerprint density at radius 3 is 2.64 bits per heavy atom. The van der Waals surface area contributed by atoms with E-state index in [2.05, 4.69) is 68.8 Å². The Morgan fingerprint density at radius 1 is 1.09 bits per heavy atom. The number of fused-ring (bicyclic) bond motifs is 1. The first kappa shape index (κ1) is 24.1. The molecular formula is C27H39N3O2Si. The molecule has 1 saturated heterocycles. The largest absolute Gasteiger partial charge is 0.417 e. The standard InChI is InChI=1S/C27H39N3O2Si/c1-26(2,3)33-32-27(4,5)24-8-7-13-30(24)18-19-14-22(17-28-16-19)20-9-11-23-21(15-20)10-12-25(31)29(23)6/h9,11,14-17,24H,7-8,10,12-13,18,33H2,1-6H3/t24-/m0/s1. The van der Waals surface area contributed by atoms with Crippen molar-refractivity contribution in [3.05, 3.63) is 47.8 Å². The molecule has 178 valence electrons. The fourth-order valence-corrected chi connectivity index (χ4v) is 6.10. The third-order valence-corrected chi connectivity index (χ3v) is 8.73. The van der Waals surface area contributed by atoms with Gasteiger partial charge in [0, 0.05) is 49.7 Å². The van der Waals surface area contributed by atoms with Crippen LogP contribution in [-0.2, 0) is 22.2 Å². The molecule has 2 aliphatic heterocycles. The first-order valence-electron chi connectivity index (χ1n) is 12.3. The molecule has 1 amide bonds. The molecule has 3 heterocycles. The van der Waals surface area contributed by atoms with E-state index in [0.717, 1.165) is 30.8 Å². The number of anilines is 1. The van der Waals surface area contributed by atoms with Crippen LogP contribution in [0.2, 0.25) is 5.04 Å². The summed E-state index contributed by atoms with van der Waals surface area (Å²) < 4.78 is 6.56. The molecule has 0 aliphatic carbocycles. The Kier molecular flexibility index (Phi) is 6.81. The van der Waals surface area contributed by atoms with Crippen molar-refractivity contribution >= 4 is 21.4 Å².